The molecule has 1 atom stereocenters. The van der Waals surface area contributed by atoms with Crippen molar-refractivity contribution in [3.63, 3.8) is 0 Å². The van der Waals surface area contributed by atoms with Gasteiger partial charge in [0, 0.05) is 19.6 Å². The summed E-state index contributed by atoms with van der Waals surface area (Å²) in [6, 6.07) is 16.0. The maximum absolute atomic E-state index is 14.4. The number of nitrogens with zero attached hydrogens (tertiary/aromatic N) is 3. The highest BCUT2D eigenvalue weighted by molar-refractivity contribution is 5.43. The molecule has 0 amide bonds. The quantitative estimate of drug-likeness (QED) is 0.541. The highest BCUT2D eigenvalue weighted by Gasteiger charge is 2.23. The molecule has 0 bridgehead atoms. The number of rotatable bonds is 9. The Hall–Kier alpha value is -2.70. The van der Waals surface area contributed by atoms with E-state index in [1.165, 1.54) is 6.07 Å². The number of ether oxygens (including phenoxy) is 1. The average molecular weight is 412 g/mol. The van der Waals surface area contributed by atoms with Crippen LogP contribution in [0.2, 0.25) is 0 Å². The summed E-state index contributed by atoms with van der Waals surface area (Å²) >= 11 is 0. The minimum atomic E-state index is -0.454. The van der Waals surface area contributed by atoms with E-state index in [4.69, 9.17) is 9.84 Å². The van der Waals surface area contributed by atoms with Crippen molar-refractivity contribution in [2.24, 2.45) is 5.92 Å². The Balaban J connectivity index is 2.05. The molecule has 160 valence electrons. The molecule has 3 rings (SSSR count). The molecule has 1 heterocycles. The summed E-state index contributed by atoms with van der Waals surface area (Å²) in [5.41, 5.74) is 2.53. The number of hydrogen-bond acceptors (Lipinski definition) is 4. The zero-order valence-corrected chi connectivity index (χ0v) is 18.0. The summed E-state index contributed by atoms with van der Waals surface area (Å²) in [4.78, 5) is 2.18. The van der Waals surface area contributed by atoms with E-state index in [2.05, 4.69) is 18.7 Å². The molecule has 1 aromatic heterocycles. The van der Waals surface area contributed by atoms with Gasteiger partial charge < -0.3 is 9.84 Å². The molecule has 6 heteroatoms. The smallest absolute Gasteiger partial charge is 0.227 e. The van der Waals surface area contributed by atoms with Crippen LogP contribution < -0.4 is 4.74 Å². The van der Waals surface area contributed by atoms with E-state index in [1.807, 2.05) is 37.3 Å². The lowest BCUT2D eigenvalue weighted by molar-refractivity contribution is 0.114. The standard InChI is InChI=1S/C24H30FN3O2/c1-17(2)14-27(15-18(3)29)16-21-19(4)26-28(20-10-6-5-7-11-20)24(21)30-23-13-9-8-12-22(23)25/h5-13,17-18,29H,14-16H2,1-4H3. The minimum Gasteiger partial charge on any atom is -0.435 e. The number of para-hydroxylation sites is 2. The first kappa shape index (κ1) is 22.0. The van der Waals surface area contributed by atoms with E-state index >= 15 is 0 Å². The molecule has 0 saturated heterocycles. The molecule has 0 spiro atoms. The lowest BCUT2D eigenvalue weighted by Crippen LogP contribution is -2.33. The summed E-state index contributed by atoms with van der Waals surface area (Å²) in [5.74, 6) is 0.652. The van der Waals surface area contributed by atoms with Crippen molar-refractivity contribution < 1.29 is 14.2 Å². The van der Waals surface area contributed by atoms with Crippen LogP contribution in [0.5, 0.6) is 11.6 Å². The number of halogens is 1. The van der Waals surface area contributed by atoms with Crippen molar-refractivity contribution in [2.45, 2.75) is 40.3 Å². The van der Waals surface area contributed by atoms with Crippen LogP contribution in [0.15, 0.2) is 54.6 Å². The molecular formula is C24H30FN3O2. The van der Waals surface area contributed by atoms with Crippen molar-refractivity contribution in [3.05, 3.63) is 71.7 Å². The molecule has 1 N–H and O–H groups in total. The largest absolute Gasteiger partial charge is 0.435 e. The third kappa shape index (κ3) is 5.46. The van der Waals surface area contributed by atoms with Crippen LogP contribution in [-0.2, 0) is 6.54 Å². The molecule has 5 nitrogen and oxygen atoms in total. The third-order valence-electron chi connectivity index (χ3n) is 4.71. The molecule has 2 aromatic carbocycles. The lowest BCUT2D eigenvalue weighted by Gasteiger charge is -2.26. The molecule has 3 aromatic rings. The molecule has 0 saturated carbocycles. The van der Waals surface area contributed by atoms with Gasteiger partial charge in [-0.25, -0.2) is 9.07 Å². The first-order valence-corrected chi connectivity index (χ1v) is 10.3. The molecule has 0 fully saturated rings. The molecule has 30 heavy (non-hydrogen) atoms. The second-order valence-corrected chi connectivity index (χ2v) is 8.09. The highest BCUT2D eigenvalue weighted by atomic mass is 19.1. The minimum absolute atomic E-state index is 0.154. The number of aryl methyl sites for hydroxylation is 1. The van der Waals surface area contributed by atoms with Gasteiger partial charge in [-0.15, -0.1) is 0 Å². The van der Waals surface area contributed by atoms with E-state index in [0.717, 1.165) is 23.5 Å². The maximum atomic E-state index is 14.4. The van der Waals surface area contributed by atoms with E-state index in [0.29, 0.717) is 24.9 Å². The van der Waals surface area contributed by atoms with Gasteiger partial charge in [-0.1, -0.05) is 44.2 Å². The second kappa shape index (κ2) is 9.87. The van der Waals surface area contributed by atoms with Crippen LogP contribution in [0.1, 0.15) is 32.0 Å². The van der Waals surface area contributed by atoms with Gasteiger partial charge >= 0.3 is 0 Å². The van der Waals surface area contributed by atoms with Gasteiger partial charge in [-0.3, -0.25) is 4.90 Å². The van der Waals surface area contributed by atoms with Gasteiger partial charge in [0.15, 0.2) is 11.6 Å². The molecular weight excluding hydrogens is 381 g/mol. The third-order valence-corrected chi connectivity index (χ3v) is 4.71. The van der Waals surface area contributed by atoms with Gasteiger partial charge in [0.1, 0.15) is 0 Å². The Morgan fingerprint density at radius 1 is 1.03 bits per heavy atom. The zero-order chi connectivity index (χ0) is 21.7. The Morgan fingerprint density at radius 2 is 1.70 bits per heavy atom. The zero-order valence-electron chi connectivity index (χ0n) is 18.0. The number of hydrogen-bond donors (Lipinski definition) is 1. The predicted octanol–water partition coefficient (Wildman–Crippen LogP) is 4.95. The molecule has 0 aliphatic carbocycles. The van der Waals surface area contributed by atoms with Crippen LogP contribution in [0, 0.1) is 18.7 Å². The van der Waals surface area contributed by atoms with E-state index in [-0.39, 0.29) is 5.75 Å². The number of aliphatic hydroxyl groups excluding tert-OH is 1. The maximum Gasteiger partial charge on any atom is 0.227 e. The van der Waals surface area contributed by atoms with Crippen LogP contribution in [0.4, 0.5) is 4.39 Å². The summed E-state index contributed by atoms with van der Waals surface area (Å²) in [6.07, 6.45) is -0.454. The number of aromatic nitrogens is 2. The van der Waals surface area contributed by atoms with Crippen molar-refractivity contribution in [3.8, 4) is 17.3 Å². The van der Waals surface area contributed by atoms with Gasteiger partial charge in [-0.05, 0) is 44.0 Å². The highest BCUT2D eigenvalue weighted by Crippen LogP contribution is 2.32. The summed E-state index contributed by atoms with van der Waals surface area (Å²) in [6.45, 7) is 9.90. The van der Waals surface area contributed by atoms with Crippen molar-refractivity contribution in [1.82, 2.24) is 14.7 Å². The SMILES string of the molecule is Cc1nn(-c2ccccc2)c(Oc2ccccc2F)c1CN(CC(C)C)CC(C)O. The van der Waals surface area contributed by atoms with Gasteiger partial charge in [0.2, 0.25) is 5.88 Å². The fourth-order valence-corrected chi connectivity index (χ4v) is 3.52. The summed E-state index contributed by atoms with van der Waals surface area (Å²) in [5, 5.41) is 14.7. The van der Waals surface area contributed by atoms with E-state index in [1.54, 1.807) is 29.8 Å². The van der Waals surface area contributed by atoms with Crippen molar-refractivity contribution in [2.75, 3.05) is 13.1 Å². The molecule has 1 unspecified atom stereocenters. The Kier molecular flexibility index (Phi) is 7.24. The number of benzene rings is 2. The predicted molar refractivity (Wildman–Crippen MR) is 117 cm³/mol. The molecule has 0 aliphatic heterocycles. The first-order chi connectivity index (χ1) is 14.3. The van der Waals surface area contributed by atoms with Crippen LogP contribution in [0.25, 0.3) is 5.69 Å². The van der Waals surface area contributed by atoms with E-state index in [9.17, 15) is 9.50 Å². The summed E-state index contributed by atoms with van der Waals surface area (Å²) in [7, 11) is 0. The first-order valence-electron chi connectivity index (χ1n) is 10.3. The summed E-state index contributed by atoms with van der Waals surface area (Å²) < 4.78 is 22.2. The van der Waals surface area contributed by atoms with Gasteiger partial charge in [-0.2, -0.15) is 5.10 Å². The van der Waals surface area contributed by atoms with Crippen molar-refractivity contribution in [1.29, 1.82) is 0 Å². The second-order valence-electron chi connectivity index (χ2n) is 8.09. The average Bonchev–Trinajstić information content (AvgIpc) is 2.99. The van der Waals surface area contributed by atoms with Gasteiger partial charge in [0.05, 0.1) is 23.0 Å². The Labute approximate surface area is 177 Å². The normalized spacial score (nSPS) is 12.5. The van der Waals surface area contributed by atoms with Crippen LogP contribution >= 0.6 is 0 Å². The lowest BCUT2D eigenvalue weighted by atomic mass is 10.1. The fourth-order valence-electron chi connectivity index (χ4n) is 3.52. The molecule has 0 aliphatic rings. The Bertz CT molecular complexity index is 944. The monoisotopic (exact) mass is 411 g/mol. The van der Waals surface area contributed by atoms with Crippen molar-refractivity contribution >= 4 is 0 Å². The van der Waals surface area contributed by atoms with E-state index < -0.39 is 11.9 Å². The number of aliphatic hydroxyl groups is 1. The van der Waals surface area contributed by atoms with Crippen LogP contribution in [-0.4, -0.2) is 39.0 Å². The van der Waals surface area contributed by atoms with Crippen LogP contribution in [0.3, 0.4) is 0 Å². The topological polar surface area (TPSA) is 50.5 Å². The van der Waals surface area contributed by atoms with Gasteiger partial charge in [0.25, 0.3) is 0 Å². The fraction of sp³-hybridized carbons (Fsp3) is 0.375. The Morgan fingerprint density at radius 3 is 2.33 bits per heavy atom. The molecule has 0 radical (unpaired) electrons.